The number of rotatable bonds is 6. The van der Waals surface area contributed by atoms with Crippen molar-refractivity contribution in [2.75, 3.05) is 20.8 Å². The second kappa shape index (κ2) is 9.30. The van der Waals surface area contributed by atoms with Gasteiger partial charge in [-0.2, -0.15) is 0 Å². The second-order valence-electron chi connectivity index (χ2n) is 8.23. The molecule has 0 N–H and O–H groups in total. The van der Waals surface area contributed by atoms with Gasteiger partial charge < -0.3 is 14.4 Å². The number of hydrogen-bond acceptors (Lipinski definition) is 6. The Labute approximate surface area is 201 Å². The molecule has 34 heavy (non-hydrogen) atoms. The molecule has 2 aromatic heterocycles. The Morgan fingerprint density at radius 3 is 2.71 bits per heavy atom. The van der Waals surface area contributed by atoms with Crippen LogP contribution in [-0.4, -0.2) is 41.1 Å². The number of carbonyl (C=O) groups is 1. The quantitative estimate of drug-likeness (QED) is 0.410. The number of fused-ring (bicyclic) bond motifs is 1. The van der Waals surface area contributed by atoms with Crippen molar-refractivity contribution in [2.45, 2.75) is 25.4 Å². The van der Waals surface area contributed by atoms with Crippen molar-refractivity contribution in [3.05, 3.63) is 76.8 Å². The number of benzene rings is 2. The lowest BCUT2D eigenvalue weighted by Crippen LogP contribution is -2.36. The summed E-state index contributed by atoms with van der Waals surface area (Å²) in [6.45, 7) is 0.575. The van der Waals surface area contributed by atoms with Crippen LogP contribution in [0.2, 0.25) is 0 Å². The van der Waals surface area contributed by atoms with Gasteiger partial charge in [-0.15, -0.1) is 11.3 Å². The predicted octanol–water partition coefficient (Wildman–Crippen LogP) is 4.51. The van der Waals surface area contributed by atoms with E-state index < -0.39 is 0 Å². The van der Waals surface area contributed by atoms with Gasteiger partial charge in [-0.1, -0.05) is 30.3 Å². The number of aromatic nitrogens is 2. The summed E-state index contributed by atoms with van der Waals surface area (Å²) in [6.07, 6.45) is 3.19. The van der Waals surface area contributed by atoms with E-state index in [1.807, 2.05) is 59.5 Å². The molecule has 0 radical (unpaired) electrons. The summed E-state index contributed by atoms with van der Waals surface area (Å²) in [4.78, 5) is 34.5. The van der Waals surface area contributed by atoms with E-state index in [-0.39, 0.29) is 24.1 Å². The Balaban J connectivity index is 1.42. The number of carbonyl (C=O) groups excluding carboxylic acids is 1. The topological polar surface area (TPSA) is 73.7 Å². The molecule has 3 heterocycles. The van der Waals surface area contributed by atoms with Crippen LogP contribution in [0, 0.1) is 0 Å². The molecule has 1 aliphatic rings. The first-order chi connectivity index (χ1) is 16.6. The summed E-state index contributed by atoms with van der Waals surface area (Å²) in [7, 11) is 3.24. The largest absolute Gasteiger partial charge is 0.497 e. The molecule has 174 valence electrons. The molecule has 4 aromatic rings. The van der Waals surface area contributed by atoms with Crippen LogP contribution in [0.25, 0.3) is 20.7 Å². The number of amides is 1. The van der Waals surface area contributed by atoms with Crippen molar-refractivity contribution in [3.8, 4) is 21.9 Å². The predicted molar refractivity (Wildman–Crippen MR) is 133 cm³/mol. The number of nitrogens with zero attached hydrogens (tertiary/aromatic N) is 3. The van der Waals surface area contributed by atoms with E-state index in [1.165, 1.54) is 22.2 Å². The van der Waals surface area contributed by atoms with Crippen LogP contribution >= 0.6 is 11.3 Å². The molecule has 1 fully saturated rings. The fourth-order valence-electron chi connectivity index (χ4n) is 4.54. The third-order valence-corrected chi connectivity index (χ3v) is 7.34. The monoisotopic (exact) mass is 475 g/mol. The molecule has 5 rings (SSSR count). The summed E-state index contributed by atoms with van der Waals surface area (Å²) in [6, 6.07) is 17.3. The summed E-state index contributed by atoms with van der Waals surface area (Å²) < 4.78 is 12.3. The van der Waals surface area contributed by atoms with Crippen molar-refractivity contribution in [1.82, 2.24) is 14.5 Å². The molecule has 1 saturated heterocycles. The molecule has 8 heteroatoms. The van der Waals surface area contributed by atoms with E-state index in [9.17, 15) is 9.59 Å². The van der Waals surface area contributed by atoms with Gasteiger partial charge in [0.1, 0.15) is 22.9 Å². The Morgan fingerprint density at radius 2 is 1.94 bits per heavy atom. The Kier molecular flexibility index (Phi) is 6.06. The Bertz CT molecular complexity index is 1400. The van der Waals surface area contributed by atoms with E-state index in [0.717, 1.165) is 34.6 Å². The number of ether oxygens (including phenoxy) is 2. The standard InChI is InChI=1S/C26H25N3O4S/c1-32-18-10-11-22(33-2)19(13-18)21-9-6-12-29(21)24(30)15-28-16-27-25-20(26(28)31)14-23(34-25)17-7-4-3-5-8-17/h3-5,7-8,10-11,13-14,16,21H,6,9,12,15H2,1-2H3. The zero-order valence-corrected chi connectivity index (χ0v) is 19.9. The number of likely N-dealkylation sites (tertiary alicyclic amines) is 1. The van der Waals surface area contributed by atoms with Gasteiger partial charge >= 0.3 is 0 Å². The molecule has 0 spiro atoms. The average molecular weight is 476 g/mol. The van der Waals surface area contributed by atoms with Crippen molar-refractivity contribution >= 4 is 27.5 Å². The lowest BCUT2D eigenvalue weighted by atomic mass is 10.0. The molecule has 1 atom stereocenters. The normalized spacial score (nSPS) is 15.6. The van der Waals surface area contributed by atoms with Gasteiger partial charge in [0.25, 0.3) is 5.56 Å². The van der Waals surface area contributed by atoms with Crippen LogP contribution in [0.15, 0.2) is 65.7 Å². The van der Waals surface area contributed by atoms with E-state index >= 15 is 0 Å². The first-order valence-electron chi connectivity index (χ1n) is 11.1. The molecule has 1 aliphatic heterocycles. The summed E-state index contributed by atoms with van der Waals surface area (Å²) in [5.41, 5.74) is 1.75. The number of hydrogen-bond donors (Lipinski definition) is 0. The zero-order chi connectivity index (χ0) is 23.7. The Hall–Kier alpha value is -3.65. The van der Waals surface area contributed by atoms with Crippen LogP contribution < -0.4 is 15.0 Å². The fraction of sp³-hybridized carbons (Fsp3) is 0.269. The van der Waals surface area contributed by atoms with E-state index in [4.69, 9.17) is 9.47 Å². The van der Waals surface area contributed by atoms with Crippen LogP contribution in [0.1, 0.15) is 24.4 Å². The molecule has 0 saturated carbocycles. The average Bonchev–Trinajstić information content (AvgIpc) is 3.54. The highest BCUT2D eigenvalue weighted by Gasteiger charge is 2.32. The zero-order valence-electron chi connectivity index (χ0n) is 19.1. The molecule has 1 unspecified atom stereocenters. The first kappa shape index (κ1) is 22.2. The lowest BCUT2D eigenvalue weighted by Gasteiger charge is -2.27. The van der Waals surface area contributed by atoms with Crippen LogP contribution in [0.3, 0.4) is 0 Å². The highest BCUT2D eigenvalue weighted by atomic mass is 32.1. The first-order valence-corrected chi connectivity index (χ1v) is 12.0. The maximum absolute atomic E-state index is 13.3. The summed E-state index contributed by atoms with van der Waals surface area (Å²) in [5, 5.41) is 0.534. The minimum Gasteiger partial charge on any atom is -0.497 e. The van der Waals surface area contributed by atoms with E-state index in [1.54, 1.807) is 14.2 Å². The van der Waals surface area contributed by atoms with Crippen molar-refractivity contribution in [1.29, 1.82) is 0 Å². The highest BCUT2D eigenvalue weighted by molar-refractivity contribution is 7.21. The van der Waals surface area contributed by atoms with Crippen molar-refractivity contribution < 1.29 is 14.3 Å². The third kappa shape index (κ3) is 4.05. The maximum atomic E-state index is 13.3. The molecule has 7 nitrogen and oxygen atoms in total. The molecule has 2 aromatic carbocycles. The van der Waals surface area contributed by atoms with Crippen LogP contribution in [0.5, 0.6) is 11.5 Å². The lowest BCUT2D eigenvalue weighted by molar-refractivity contribution is -0.132. The summed E-state index contributed by atoms with van der Waals surface area (Å²) in [5.74, 6) is 1.32. The van der Waals surface area contributed by atoms with Gasteiger partial charge in [0.15, 0.2) is 0 Å². The van der Waals surface area contributed by atoms with Crippen LogP contribution in [-0.2, 0) is 11.3 Å². The third-order valence-electron chi connectivity index (χ3n) is 6.25. The van der Waals surface area contributed by atoms with Gasteiger partial charge in [0.2, 0.25) is 5.91 Å². The fourth-order valence-corrected chi connectivity index (χ4v) is 5.54. The number of thiophene rings is 1. The Morgan fingerprint density at radius 1 is 1.12 bits per heavy atom. The highest BCUT2D eigenvalue weighted by Crippen LogP contribution is 2.39. The number of methoxy groups -OCH3 is 2. The maximum Gasteiger partial charge on any atom is 0.262 e. The van der Waals surface area contributed by atoms with E-state index in [0.29, 0.717) is 22.5 Å². The van der Waals surface area contributed by atoms with Gasteiger partial charge in [-0.25, -0.2) is 4.98 Å². The molecule has 0 bridgehead atoms. The summed E-state index contributed by atoms with van der Waals surface area (Å²) >= 11 is 1.48. The molecule has 0 aliphatic carbocycles. The SMILES string of the molecule is COc1ccc(OC)c(C2CCCN2C(=O)Cn2cnc3sc(-c4ccccc4)cc3c2=O)c1. The molecular weight excluding hydrogens is 450 g/mol. The van der Waals surface area contributed by atoms with Crippen molar-refractivity contribution in [2.24, 2.45) is 0 Å². The minimum absolute atomic E-state index is 0.0545. The van der Waals surface area contributed by atoms with Gasteiger partial charge in [0.05, 0.1) is 32.0 Å². The molecule has 1 amide bonds. The van der Waals surface area contributed by atoms with Crippen LogP contribution in [0.4, 0.5) is 0 Å². The smallest absolute Gasteiger partial charge is 0.262 e. The van der Waals surface area contributed by atoms with Gasteiger partial charge in [0, 0.05) is 17.0 Å². The second-order valence-corrected chi connectivity index (χ2v) is 9.26. The van der Waals surface area contributed by atoms with Gasteiger partial charge in [-0.05, 0) is 42.7 Å². The minimum atomic E-state index is -0.202. The van der Waals surface area contributed by atoms with Crippen molar-refractivity contribution in [3.63, 3.8) is 0 Å². The van der Waals surface area contributed by atoms with Gasteiger partial charge in [-0.3, -0.25) is 14.2 Å². The molecular formula is C26H25N3O4S. The van der Waals surface area contributed by atoms with E-state index in [2.05, 4.69) is 4.98 Å².